The second kappa shape index (κ2) is 8.88. The number of carbonyl (C=O) groups excluding carboxylic acids is 1. The Hall–Kier alpha value is -3.18. The van der Waals surface area contributed by atoms with Gasteiger partial charge >= 0.3 is 0 Å². The van der Waals surface area contributed by atoms with E-state index in [1.807, 2.05) is 49.5 Å². The number of carbonyl (C=O) groups is 1. The number of piperazine rings is 1. The molecular weight excluding hydrogens is 360 g/mol. The molecule has 1 aliphatic rings. The highest BCUT2D eigenvalue weighted by Crippen LogP contribution is 2.22. The lowest BCUT2D eigenvalue weighted by Gasteiger charge is -2.35. The van der Waals surface area contributed by atoms with Crippen LogP contribution in [0.1, 0.15) is 27.5 Å². The Labute approximate surface area is 172 Å². The van der Waals surface area contributed by atoms with Gasteiger partial charge < -0.3 is 15.1 Å². The third-order valence-electron chi connectivity index (χ3n) is 5.30. The Morgan fingerprint density at radius 3 is 2.59 bits per heavy atom. The molecule has 0 aliphatic carbocycles. The van der Waals surface area contributed by atoms with E-state index in [2.05, 4.69) is 39.5 Å². The number of hydrogen-bond donors (Lipinski definition) is 1. The molecule has 2 heterocycles. The van der Waals surface area contributed by atoms with Gasteiger partial charge in [0.2, 0.25) is 0 Å². The standard InChI is InChI=1S/C24H26N4O/c1-27(17-19-8-4-2-5-9-19)24(29)21-12-13-26-23(16-21)28-15-14-25-22(18-28)20-10-6-3-7-11-20/h2-13,16,22,25H,14-15,17-18H2,1H3. The number of nitrogens with one attached hydrogen (secondary N) is 1. The van der Waals surface area contributed by atoms with E-state index in [0.717, 1.165) is 31.0 Å². The van der Waals surface area contributed by atoms with Crippen molar-refractivity contribution in [2.45, 2.75) is 12.6 Å². The van der Waals surface area contributed by atoms with Crippen LogP contribution < -0.4 is 10.2 Å². The zero-order chi connectivity index (χ0) is 20.1. The zero-order valence-electron chi connectivity index (χ0n) is 16.7. The average Bonchev–Trinajstić information content (AvgIpc) is 2.80. The summed E-state index contributed by atoms with van der Waals surface area (Å²) in [6.45, 7) is 3.16. The van der Waals surface area contributed by atoms with Gasteiger partial charge in [-0.1, -0.05) is 60.7 Å². The summed E-state index contributed by atoms with van der Waals surface area (Å²) >= 11 is 0. The van der Waals surface area contributed by atoms with Crippen molar-refractivity contribution in [1.29, 1.82) is 0 Å². The van der Waals surface area contributed by atoms with Crippen molar-refractivity contribution in [3.05, 3.63) is 95.7 Å². The summed E-state index contributed by atoms with van der Waals surface area (Å²) in [6, 6.07) is 24.5. The van der Waals surface area contributed by atoms with Gasteiger partial charge in [-0.25, -0.2) is 4.98 Å². The molecule has 1 fully saturated rings. The highest BCUT2D eigenvalue weighted by atomic mass is 16.2. The molecule has 1 unspecified atom stereocenters. The fourth-order valence-corrected chi connectivity index (χ4v) is 3.74. The molecule has 0 saturated carbocycles. The molecule has 0 bridgehead atoms. The predicted molar refractivity (Wildman–Crippen MR) is 116 cm³/mol. The molecule has 1 aromatic heterocycles. The van der Waals surface area contributed by atoms with Crippen molar-refractivity contribution < 1.29 is 4.79 Å². The van der Waals surface area contributed by atoms with Crippen LogP contribution in [0.15, 0.2) is 79.0 Å². The number of pyridine rings is 1. The largest absolute Gasteiger partial charge is 0.353 e. The normalized spacial score (nSPS) is 16.4. The molecule has 0 radical (unpaired) electrons. The minimum atomic E-state index is 0.00671. The van der Waals surface area contributed by atoms with Gasteiger partial charge in [0, 0.05) is 51.0 Å². The Morgan fingerprint density at radius 2 is 1.83 bits per heavy atom. The van der Waals surface area contributed by atoms with E-state index in [9.17, 15) is 4.79 Å². The van der Waals surface area contributed by atoms with Crippen LogP contribution in [0.2, 0.25) is 0 Å². The van der Waals surface area contributed by atoms with E-state index in [4.69, 9.17) is 0 Å². The Morgan fingerprint density at radius 1 is 1.10 bits per heavy atom. The summed E-state index contributed by atoms with van der Waals surface area (Å²) < 4.78 is 0. The molecule has 5 nitrogen and oxygen atoms in total. The fourth-order valence-electron chi connectivity index (χ4n) is 3.74. The molecule has 3 aromatic rings. The van der Waals surface area contributed by atoms with Crippen molar-refractivity contribution in [3.8, 4) is 0 Å². The first-order valence-electron chi connectivity index (χ1n) is 9.99. The van der Waals surface area contributed by atoms with E-state index >= 15 is 0 Å². The maximum absolute atomic E-state index is 12.9. The highest BCUT2D eigenvalue weighted by Gasteiger charge is 2.22. The number of anilines is 1. The van der Waals surface area contributed by atoms with Crippen LogP contribution in [0, 0.1) is 0 Å². The monoisotopic (exact) mass is 386 g/mol. The van der Waals surface area contributed by atoms with Crippen LogP contribution >= 0.6 is 0 Å². The zero-order valence-corrected chi connectivity index (χ0v) is 16.7. The van der Waals surface area contributed by atoms with Gasteiger partial charge in [0.05, 0.1) is 0 Å². The van der Waals surface area contributed by atoms with Crippen LogP contribution in [0.25, 0.3) is 0 Å². The number of hydrogen-bond acceptors (Lipinski definition) is 4. The summed E-state index contributed by atoms with van der Waals surface area (Å²) in [6.07, 6.45) is 1.73. The summed E-state index contributed by atoms with van der Waals surface area (Å²) in [5.41, 5.74) is 3.06. The van der Waals surface area contributed by atoms with E-state index in [1.165, 1.54) is 5.56 Å². The number of benzene rings is 2. The van der Waals surface area contributed by atoms with E-state index < -0.39 is 0 Å². The number of nitrogens with zero attached hydrogens (tertiary/aromatic N) is 3. The minimum Gasteiger partial charge on any atom is -0.353 e. The lowest BCUT2D eigenvalue weighted by molar-refractivity contribution is 0.0785. The van der Waals surface area contributed by atoms with E-state index in [-0.39, 0.29) is 11.9 Å². The maximum Gasteiger partial charge on any atom is 0.254 e. The smallest absolute Gasteiger partial charge is 0.254 e. The lowest BCUT2D eigenvalue weighted by atomic mass is 10.0. The molecule has 4 rings (SSSR count). The van der Waals surface area contributed by atoms with Crippen LogP contribution in [0.3, 0.4) is 0 Å². The van der Waals surface area contributed by atoms with Gasteiger partial charge in [-0.15, -0.1) is 0 Å². The molecule has 1 aliphatic heterocycles. The lowest BCUT2D eigenvalue weighted by Crippen LogP contribution is -2.46. The molecule has 1 atom stereocenters. The summed E-state index contributed by atoms with van der Waals surface area (Å²) in [5.74, 6) is 0.860. The van der Waals surface area contributed by atoms with Gasteiger partial charge in [0.25, 0.3) is 5.91 Å². The fraction of sp³-hybridized carbons (Fsp3) is 0.250. The molecule has 148 valence electrons. The van der Waals surface area contributed by atoms with Crippen molar-refractivity contribution in [1.82, 2.24) is 15.2 Å². The third-order valence-corrected chi connectivity index (χ3v) is 5.30. The molecular formula is C24H26N4O. The van der Waals surface area contributed by atoms with Gasteiger partial charge in [-0.3, -0.25) is 4.79 Å². The van der Waals surface area contributed by atoms with Gasteiger partial charge in [0.15, 0.2) is 0 Å². The van der Waals surface area contributed by atoms with Gasteiger partial charge in [0.1, 0.15) is 5.82 Å². The molecule has 5 heteroatoms. The molecule has 1 amide bonds. The first-order chi connectivity index (χ1) is 14.2. The van der Waals surface area contributed by atoms with Crippen LogP contribution in [0.4, 0.5) is 5.82 Å². The van der Waals surface area contributed by atoms with Crippen LogP contribution in [-0.4, -0.2) is 42.5 Å². The van der Waals surface area contributed by atoms with Gasteiger partial charge in [-0.2, -0.15) is 0 Å². The second-order valence-corrected chi connectivity index (χ2v) is 7.41. The molecule has 2 aromatic carbocycles. The van der Waals surface area contributed by atoms with Crippen molar-refractivity contribution >= 4 is 11.7 Å². The molecule has 1 N–H and O–H groups in total. The van der Waals surface area contributed by atoms with Crippen molar-refractivity contribution in [3.63, 3.8) is 0 Å². The van der Waals surface area contributed by atoms with Crippen molar-refractivity contribution in [2.24, 2.45) is 0 Å². The first kappa shape index (κ1) is 19.2. The predicted octanol–water partition coefficient (Wildman–Crippen LogP) is 3.50. The van der Waals surface area contributed by atoms with Crippen LogP contribution in [0.5, 0.6) is 0 Å². The quantitative estimate of drug-likeness (QED) is 0.729. The van der Waals surface area contributed by atoms with E-state index in [1.54, 1.807) is 17.2 Å². The second-order valence-electron chi connectivity index (χ2n) is 7.41. The van der Waals surface area contributed by atoms with Crippen molar-refractivity contribution in [2.75, 3.05) is 31.6 Å². The number of amides is 1. The van der Waals surface area contributed by atoms with Gasteiger partial charge in [-0.05, 0) is 23.3 Å². The van der Waals surface area contributed by atoms with E-state index in [0.29, 0.717) is 12.1 Å². The minimum absolute atomic E-state index is 0.00671. The summed E-state index contributed by atoms with van der Waals surface area (Å²) in [4.78, 5) is 21.5. The van der Waals surface area contributed by atoms with Crippen LogP contribution in [-0.2, 0) is 6.54 Å². The Balaban J connectivity index is 1.47. The highest BCUT2D eigenvalue weighted by molar-refractivity contribution is 5.94. The SMILES string of the molecule is CN(Cc1ccccc1)C(=O)c1ccnc(N2CCNC(c3ccccc3)C2)c1. The molecule has 1 saturated heterocycles. The molecule has 0 spiro atoms. The topological polar surface area (TPSA) is 48.5 Å². The third kappa shape index (κ3) is 4.63. The maximum atomic E-state index is 12.9. The molecule has 29 heavy (non-hydrogen) atoms. The summed E-state index contributed by atoms with van der Waals surface area (Å²) in [7, 11) is 1.84. The Bertz CT molecular complexity index is 945. The Kier molecular flexibility index (Phi) is 5.86. The first-order valence-corrected chi connectivity index (χ1v) is 9.99. The number of aromatic nitrogens is 1. The number of rotatable bonds is 5. The average molecular weight is 386 g/mol. The summed E-state index contributed by atoms with van der Waals surface area (Å²) in [5, 5.41) is 3.57.